The minimum absolute atomic E-state index is 0.227. The van der Waals surface area contributed by atoms with Gasteiger partial charge in [-0.05, 0) is 43.7 Å². The van der Waals surface area contributed by atoms with Gasteiger partial charge in [-0.1, -0.05) is 11.6 Å². The summed E-state index contributed by atoms with van der Waals surface area (Å²) >= 11 is 5.87. The quantitative estimate of drug-likeness (QED) is 0.945. The van der Waals surface area contributed by atoms with Crippen molar-refractivity contribution in [1.82, 2.24) is 9.88 Å². The number of β-amino-alcohol motifs (C(OH)–C–C–N with tert-alkyl or cyclic N) is 1. The van der Waals surface area contributed by atoms with Crippen molar-refractivity contribution in [3.8, 4) is 11.3 Å². The first-order valence-corrected chi connectivity index (χ1v) is 7.19. The number of hydrogen-bond acceptors (Lipinski definition) is 4. The van der Waals surface area contributed by atoms with Gasteiger partial charge in [0.25, 0.3) is 0 Å². The van der Waals surface area contributed by atoms with Crippen LogP contribution in [0.4, 0.5) is 0 Å². The Bertz CT molecular complexity index is 568. The van der Waals surface area contributed by atoms with E-state index in [1.54, 1.807) is 6.20 Å². The van der Waals surface area contributed by atoms with Gasteiger partial charge in [-0.2, -0.15) is 0 Å². The minimum Gasteiger partial charge on any atom is -0.439 e. The molecular weight excluding hydrogens is 276 g/mol. The lowest BCUT2D eigenvalue weighted by Gasteiger charge is -2.28. The number of oxazole rings is 1. The van der Waals surface area contributed by atoms with E-state index in [-0.39, 0.29) is 6.10 Å². The zero-order valence-electron chi connectivity index (χ0n) is 11.1. The fraction of sp³-hybridized carbons (Fsp3) is 0.400. The smallest absolute Gasteiger partial charge is 0.209 e. The summed E-state index contributed by atoms with van der Waals surface area (Å²) in [5.74, 6) is 1.43. The van der Waals surface area contributed by atoms with Crippen LogP contribution in [0.15, 0.2) is 34.9 Å². The fourth-order valence-corrected chi connectivity index (χ4v) is 2.62. The van der Waals surface area contributed by atoms with Gasteiger partial charge in [0.1, 0.15) is 0 Å². The molecule has 1 aliphatic rings. The number of aliphatic hydroxyl groups excluding tert-OH is 1. The van der Waals surface area contributed by atoms with Crippen LogP contribution in [-0.2, 0) is 6.54 Å². The van der Waals surface area contributed by atoms with Crippen molar-refractivity contribution >= 4 is 11.6 Å². The molecule has 0 amide bonds. The van der Waals surface area contributed by atoms with Gasteiger partial charge in [0.2, 0.25) is 5.89 Å². The maximum atomic E-state index is 9.66. The summed E-state index contributed by atoms with van der Waals surface area (Å²) in [5, 5.41) is 10.4. The van der Waals surface area contributed by atoms with Crippen LogP contribution in [0.2, 0.25) is 5.02 Å². The summed E-state index contributed by atoms with van der Waals surface area (Å²) in [6.45, 7) is 2.32. The van der Waals surface area contributed by atoms with Crippen LogP contribution >= 0.6 is 11.6 Å². The molecule has 20 heavy (non-hydrogen) atoms. The Hall–Kier alpha value is -1.36. The molecule has 0 aliphatic carbocycles. The zero-order chi connectivity index (χ0) is 13.9. The molecule has 0 bridgehead atoms. The van der Waals surface area contributed by atoms with Crippen LogP contribution in [-0.4, -0.2) is 34.2 Å². The SMILES string of the molecule is OC1CCCN(Cc2ncc(-c3ccc(Cl)cc3)o2)C1. The number of piperidine rings is 1. The molecule has 5 heteroatoms. The lowest BCUT2D eigenvalue weighted by atomic mass is 10.1. The monoisotopic (exact) mass is 292 g/mol. The van der Waals surface area contributed by atoms with Crippen molar-refractivity contribution in [2.45, 2.75) is 25.5 Å². The van der Waals surface area contributed by atoms with Gasteiger partial charge in [-0.15, -0.1) is 0 Å². The number of benzene rings is 1. The predicted molar refractivity (Wildman–Crippen MR) is 77.5 cm³/mol. The molecule has 0 spiro atoms. The van der Waals surface area contributed by atoms with Crippen molar-refractivity contribution in [2.75, 3.05) is 13.1 Å². The summed E-state index contributed by atoms with van der Waals surface area (Å²) in [4.78, 5) is 6.48. The summed E-state index contributed by atoms with van der Waals surface area (Å²) in [7, 11) is 0. The van der Waals surface area contributed by atoms with Crippen LogP contribution in [0.5, 0.6) is 0 Å². The first-order valence-electron chi connectivity index (χ1n) is 6.82. The third kappa shape index (κ3) is 3.20. The third-order valence-electron chi connectivity index (χ3n) is 3.52. The van der Waals surface area contributed by atoms with Gasteiger partial charge in [0, 0.05) is 17.1 Å². The van der Waals surface area contributed by atoms with Gasteiger partial charge in [0.15, 0.2) is 5.76 Å². The predicted octanol–water partition coefficient (Wildman–Crippen LogP) is 2.95. The first kappa shape index (κ1) is 13.6. The van der Waals surface area contributed by atoms with E-state index in [9.17, 15) is 5.11 Å². The Kier molecular flexibility index (Phi) is 4.05. The Morgan fingerprint density at radius 3 is 2.90 bits per heavy atom. The molecular formula is C15H17ClN2O2. The Morgan fingerprint density at radius 1 is 1.35 bits per heavy atom. The largest absolute Gasteiger partial charge is 0.439 e. The highest BCUT2D eigenvalue weighted by Crippen LogP contribution is 2.23. The van der Waals surface area contributed by atoms with E-state index in [4.69, 9.17) is 16.0 Å². The van der Waals surface area contributed by atoms with Crippen LogP contribution in [0.1, 0.15) is 18.7 Å². The number of likely N-dealkylation sites (tertiary alicyclic amines) is 1. The molecule has 3 rings (SSSR count). The van der Waals surface area contributed by atoms with E-state index in [1.807, 2.05) is 24.3 Å². The molecule has 1 atom stereocenters. The van der Waals surface area contributed by atoms with Gasteiger partial charge < -0.3 is 9.52 Å². The summed E-state index contributed by atoms with van der Waals surface area (Å²) in [6.07, 6.45) is 3.41. The molecule has 106 valence electrons. The van der Waals surface area contributed by atoms with Gasteiger partial charge >= 0.3 is 0 Å². The number of halogens is 1. The Labute approximate surface area is 123 Å². The molecule has 1 N–H and O–H groups in total. The van der Waals surface area contributed by atoms with E-state index < -0.39 is 0 Å². The van der Waals surface area contributed by atoms with Crippen molar-refractivity contribution in [3.63, 3.8) is 0 Å². The highest BCUT2D eigenvalue weighted by atomic mass is 35.5. The topological polar surface area (TPSA) is 49.5 Å². The lowest BCUT2D eigenvalue weighted by Crippen LogP contribution is -2.37. The van der Waals surface area contributed by atoms with Gasteiger partial charge in [-0.3, -0.25) is 4.90 Å². The van der Waals surface area contributed by atoms with Crippen molar-refractivity contribution < 1.29 is 9.52 Å². The highest BCUT2D eigenvalue weighted by Gasteiger charge is 2.19. The average molecular weight is 293 g/mol. The van der Waals surface area contributed by atoms with Gasteiger partial charge in [0.05, 0.1) is 18.8 Å². The van der Waals surface area contributed by atoms with Crippen molar-refractivity contribution in [2.24, 2.45) is 0 Å². The van der Waals surface area contributed by atoms with E-state index in [2.05, 4.69) is 9.88 Å². The van der Waals surface area contributed by atoms with Crippen LogP contribution in [0.3, 0.4) is 0 Å². The maximum Gasteiger partial charge on any atom is 0.209 e. The molecule has 1 aliphatic heterocycles. The lowest BCUT2D eigenvalue weighted by molar-refractivity contribution is 0.0625. The van der Waals surface area contributed by atoms with E-state index in [1.165, 1.54) is 0 Å². The normalized spacial score (nSPS) is 20.2. The molecule has 1 unspecified atom stereocenters. The molecule has 1 aromatic carbocycles. The zero-order valence-corrected chi connectivity index (χ0v) is 11.9. The number of hydrogen-bond donors (Lipinski definition) is 1. The third-order valence-corrected chi connectivity index (χ3v) is 3.77. The molecule has 1 fully saturated rings. The van der Waals surface area contributed by atoms with E-state index in [0.717, 1.165) is 30.7 Å². The van der Waals surface area contributed by atoms with E-state index in [0.29, 0.717) is 24.0 Å². The second kappa shape index (κ2) is 5.95. The average Bonchev–Trinajstić information content (AvgIpc) is 2.88. The minimum atomic E-state index is -0.227. The van der Waals surface area contributed by atoms with E-state index >= 15 is 0 Å². The summed E-state index contributed by atoms with van der Waals surface area (Å²) in [6, 6.07) is 7.49. The van der Waals surface area contributed by atoms with Crippen LogP contribution in [0.25, 0.3) is 11.3 Å². The number of aromatic nitrogens is 1. The number of nitrogens with zero attached hydrogens (tertiary/aromatic N) is 2. The van der Waals surface area contributed by atoms with Crippen LogP contribution in [0, 0.1) is 0 Å². The van der Waals surface area contributed by atoms with Crippen molar-refractivity contribution in [3.05, 3.63) is 41.4 Å². The molecule has 0 saturated carbocycles. The first-order chi connectivity index (χ1) is 9.70. The second-order valence-electron chi connectivity index (χ2n) is 5.16. The maximum absolute atomic E-state index is 9.66. The number of aliphatic hydroxyl groups is 1. The molecule has 0 radical (unpaired) electrons. The molecule has 1 aromatic heterocycles. The molecule has 2 heterocycles. The molecule has 2 aromatic rings. The fourth-order valence-electron chi connectivity index (χ4n) is 2.50. The molecule has 4 nitrogen and oxygen atoms in total. The summed E-state index contributed by atoms with van der Waals surface area (Å²) in [5.41, 5.74) is 0.965. The number of rotatable bonds is 3. The second-order valence-corrected chi connectivity index (χ2v) is 5.59. The van der Waals surface area contributed by atoms with Gasteiger partial charge in [-0.25, -0.2) is 4.98 Å². The van der Waals surface area contributed by atoms with Crippen LogP contribution < -0.4 is 0 Å². The Balaban J connectivity index is 1.69. The standard InChI is InChI=1S/C15H17ClN2O2/c16-12-5-3-11(4-6-12)14-8-17-15(20-14)10-18-7-1-2-13(19)9-18/h3-6,8,13,19H,1-2,7,9-10H2. The molecule has 1 saturated heterocycles. The highest BCUT2D eigenvalue weighted by molar-refractivity contribution is 6.30. The summed E-state index contributed by atoms with van der Waals surface area (Å²) < 4.78 is 5.77. The Morgan fingerprint density at radius 2 is 2.15 bits per heavy atom. The van der Waals surface area contributed by atoms with Crippen molar-refractivity contribution in [1.29, 1.82) is 0 Å².